The van der Waals surface area contributed by atoms with E-state index in [2.05, 4.69) is 10.6 Å². The summed E-state index contributed by atoms with van der Waals surface area (Å²) in [5.41, 5.74) is 0. The van der Waals surface area contributed by atoms with Gasteiger partial charge in [0.05, 0.1) is 6.54 Å². The molecule has 100 valence electrons. The number of nitrogens with zero attached hydrogens (tertiary/aromatic N) is 1. The molecule has 1 rings (SSSR count). The first kappa shape index (κ1) is 13.9. The Morgan fingerprint density at radius 2 is 2.06 bits per heavy atom. The first-order chi connectivity index (χ1) is 8.32. The molecule has 0 aromatic carbocycles. The van der Waals surface area contributed by atoms with Crippen molar-refractivity contribution in [3.63, 3.8) is 0 Å². The van der Waals surface area contributed by atoms with Crippen LogP contribution in [-0.4, -0.2) is 53.0 Å². The van der Waals surface area contributed by atoms with E-state index in [1.165, 1.54) is 0 Å². The van der Waals surface area contributed by atoms with Crippen LogP contribution in [0, 0.1) is 5.92 Å². The smallest absolute Gasteiger partial charge is 0.326 e. The van der Waals surface area contributed by atoms with Gasteiger partial charge >= 0.3 is 12.0 Å². The summed E-state index contributed by atoms with van der Waals surface area (Å²) >= 11 is 0. The third-order valence-corrected chi connectivity index (χ3v) is 2.49. The molecule has 8 nitrogen and oxygen atoms in total. The monoisotopic (exact) mass is 257 g/mol. The number of urea groups is 1. The number of imide groups is 1. The minimum Gasteiger partial charge on any atom is -0.480 e. The topological polar surface area (TPSA) is 116 Å². The maximum absolute atomic E-state index is 11.6. The number of nitrogens with one attached hydrogen (secondary N) is 2. The number of carbonyl (C=O) groups excluding carboxylic acids is 3. The number of carboxylic acids is 1. The lowest BCUT2D eigenvalue weighted by Gasteiger charge is -2.19. The van der Waals surface area contributed by atoms with Crippen molar-refractivity contribution >= 4 is 23.8 Å². The zero-order valence-corrected chi connectivity index (χ0v) is 10.1. The van der Waals surface area contributed by atoms with Gasteiger partial charge < -0.3 is 15.7 Å². The van der Waals surface area contributed by atoms with E-state index in [0.717, 1.165) is 4.90 Å². The molecule has 0 spiro atoms. The van der Waals surface area contributed by atoms with Crippen molar-refractivity contribution in [1.29, 1.82) is 0 Å². The van der Waals surface area contributed by atoms with Gasteiger partial charge in [-0.3, -0.25) is 14.5 Å². The van der Waals surface area contributed by atoms with Crippen molar-refractivity contribution < 1.29 is 24.3 Å². The normalized spacial score (nSPS) is 16.7. The fourth-order valence-electron chi connectivity index (χ4n) is 1.49. The van der Waals surface area contributed by atoms with E-state index < -0.39 is 36.4 Å². The summed E-state index contributed by atoms with van der Waals surface area (Å²) < 4.78 is 0. The van der Waals surface area contributed by atoms with Gasteiger partial charge in [0.2, 0.25) is 5.91 Å². The van der Waals surface area contributed by atoms with Crippen molar-refractivity contribution in [1.82, 2.24) is 15.5 Å². The summed E-state index contributed by atoms with van der Waals surface area (Å²) in [6.07, 6.45) is 0. The second-order valence-electron chi connectivity index (χ2n) is 4.27. The molecule has 4 amide bonds. The van der Waals surface area contributed by atoms with Crippen LogP contribution >= 0.6 is 0 Å². The molecule has 1 atom stereocenters. The van der Waals surface area contributed by atoms with Crippen molar-refractivity contribution in [2.24, 2.45) is 5.92 Å². The second kappa shape index (κ2) is 5.48. The average Bonchev–Trinajstić information content (AvgIpc) is 2.56. The van der Waals surface area contributed by atoms with Gasteiger partial charge in [0, 0.05) is 0 Å². The van der Waals surface area contributed by atoms with E-state index in [9.17, 15) is 19.2 Å². The van der Waals surface area contributed by atoms with E-state index in [0.29, 0.717) is 0 Å². The van der Waals surface area contributed by atoms with Gasteiger partial charge in [0.25, 0.3) is 5.91 Å². The van der Waals surface area contributed by atoms with Crippen LogP contribution < -0.4 is 10.6 Å². The number of amides is 4. The zero-order chi connectivity index (χ0) is 13.9. The quantitative estimate of drug-likeness (QED) is 0.533. The molecule has 3 N–H and O–H groups in total. The van der Waals surface area contributed by atoms with Crippen LogP contribution in [0.25, 0.3) is 0 Å². The predicted molar refractivity (Wildman–Crippen MR) is 59.5 cm³/mol. The van der Waals surface area contributed by atoms with Gasteiger partial charge in [0.1, 0.15) is 12.6 Å². The Balaban J connectivity index is 2.58. The van der Waals surface area contributed by atoms with Crippen LogP contribution in [0.4, 0.5) is 4.79 Å². The summed E-state index contributed by atoms with van der Waals surface area (Å²) in [6.45, 7) is 2.68. The Morgan fingerprint density at radius 1 is 1.44 bits per heavy atom. The predicted octanol–water partition coefficient (Wildman–Crippen LogP) is -1.24. The highest BCUT2D eigenvalue weighted by atomic mass is 16.4. The van der Waals surface area contributed by atoms with Gasteiger partial charge in [-0.15, -0.1) is 0 Å². The largest absolute Gasteiger partial charge is 0.480 e. The summed E-state index contributed by atoms with van der Waals surface area (Å²) in [6, 6.07) is -1.69. The van der Waals surface area contributed by atoms with Gasteiger partial charge in [-0.1, -0.05) is 13.8 Å². The highest BCUT2D eigenvalue weighted by Gasteiger charge is 2.31. The maximum Gasteiger partial charge on any atom is 0.326 e. The number of aliphatic carboxylic acids is 1. The van der Waals surface area contributed by atoms with E-state index in [1.54, 1.807) is 13.8 Å². The maximum atomic E-state index is 11.6. The molecular formula is C10H15N3O5. The molecule has 0 radical (unpaired) electrons. The van der Waals surface area contributed by atoms with Gasteiger partial charge in [-0.05, 0) is 5.92 Å². The molecule has 0 bridgehead atoms. The molecule has 1 heterocycles. The van der Waals surface area contributed by atoms with Gasteiger partial charge in [-0.2, -0.15) is 0 Å². The van der Waals surface area contributed by atoms with E-state index in [-0.39, 0.29) is 12.5 Å². The molecule has 1 fully saturated rings. The Kier molecular flexibility index (Phi) is 4.24. The number of rotatable bonds is 5. The summed E-state index contributed by atoms with van der Waals surface area (Å²) in [4.78, 5) is 45.6. The van der Waals surface area contributed by atoms with Gasteiger partial charge in [-0.25, -0.2) is 9.59 Å². The zero-order valence-electron chi connectivity index (χ0n) is 10.1. The third kappa shape index (κ3) is 3.19. The molecule has 1 saturated heterocycles. The van der Waals surface area contributed by atoms with Crippen LogP contribution in [0.15, 0.2) is 0 Å². The molecule has 0 unspecified atom stereocenters. The molecule has 0 saturated carbocycles. The van der Waals surface area contributed by atoms with E-state index >= 15 is 0 Å². The van der Waals surface area contributed by atoms with Crippen LogP contribution in [0.1, 0.15) is 13.8 Å². The van der Waals surface area contributed by atoms with Crippen molar-refractivity contribution in [3.05, 3.63) is 0 Å². The summed E-state index contributed by atoms with van der Waals surface area (Å²) in [7, 11) is 0. The standard InChI is InChI=1S/C10H15N3O5/c1-5(2)8(9(16)17)12-6(14)4-13-7(15)3-11-10(13)18/h5,8H,3-4H2,1-2H3,(H,11,18)(H,12,14)(H,16,17)/t8-/m0/s1. The first-order valence-corrected chi connectivity index (χ1v) is 5.43. The fraction of sp³-hybridized carbons (Fsp3) is 0.600. The number of hydrogen-bond acceptors (Lipinski definition) is 4. The number of hydrogen-bond donors (Lipinski definition) is 3. The molecule has 0 aromatic heterocycles. The SMILES string of the molecule is CC(C)[C@H](NC(=O)CN1C(=O)CNC1=O)C(=O)O. The summed E-state index contributed by atoms with van der Waals surface area (Å²) in [5, 5.41) is 13.4. The Hall–Kier alpha value is -2.12. The van der Waals surface area contributed by atoms with E-state index in [1.807, 2.05) is 0 Å². The summed E-state index contributed by atoms with van der Waals surface area (Å²) in [5.74, 6) is -2.64. The molecule has 8 heteroatoms. The minimum atomic E-state index is -1.16. The van der Waals surface area contributed by atoms with Crippen LogP contribution in [0.2, 0.25) is 0 Å². The minimum absolute atomic E-state index is 0.140. The molecule has 1 aliphatic rings. The lowest BCUT2D eigenvalue weighted by molar-refractivity contribution is -0.143. The van der Waals surface area contributed by atoms with Crippen molar-refractivity contribution in [3.8, 4) is 0 Å². The molecule has 0 aromatic rings. The Morgan fingerprint density at radius 3 is 2.44 bits per heavy atom. The third-order valence-electron chi connectivity index (χ3n) is 2.49. The second-order valence-corrected chi connectivity index (χ2v) is 4.27. The van der Waals surface area contributed by atoms with E-state index in [4.69, 9.17) is 5.11 Å². The highest BCUT2D eigenvalue weighted by Crippen LogP contribution is 2.03. The molecule has 1 aliphatic heterocycles. The number of carbonyl (C=O) groups is 4. The Labute approximate surface area is 103 Å². The fourth-order valence-corrected chi connectivity index (χ4v) is 1.49. The van der Waals surface area contributed by atoms with Crippen LogP contribution in [0.3, 0.4) is 0 Å². The first-order valence-electron chi connectivity index (χ1n) is 5.43. The lowest BCUT2D eigenvalue weighted by atomic mass is 10.0. The highest BCUT2D eigenvalue weighted by molar-refractivity contribution is 6.04. The molecular weight excluding hydrogens is 242 g/mol. The Bertz CT molecular complexity index is 377. The number of carboxylic acid groups (broad SMARTS) is 1. The lowest BCUT2D eigenvalue weighted by Crippen LogP contribution is -2.49. The van der Waals surface area contributed by atoms with Crippen molar-refractivity contribution in [2.75, 3.05) is 13.1 Å². The molecule has 0 aliphatic carbocycles. The molecule has 18 heavy (non-hydrogen) atoms. The van der Waals surface area contributed by atoms with Gasteiger partial charge in [0.15, 0.2) is 0 Å². The van der Waals surface area contributed by atoms with Crippen LogP contribution in [-0.2, 0) is 14.4 Å². The van der Waals surface area contributed by atoms with Crippen molar-refractivity contribution in [2.45, 2.75) is 19.9 Å². The van der Waals surface area contributed by atoms with Crippen LogP contribution in [0.5, 0.6) is 0 Å². The average molecular weight is 257 g/mol.